The van der Waals surface area contributed by atoms with Gasteiger partial charge < -0.3 is 10.3 Å². The molecule has 1 aromatic rings. The fourth-order valence-corrected chi connectivity index (χ4v) is 2.02. The molecule has 0 spiro atoms. The number of nitrogens with one attached hydrogen (secondary N) is 2. The van der Waals surface area contributed by atoms with Gasteiger partial charge in [0.25, 0.3) is 0 Å². The summed E-state index contributed by atoms with van der Waals surface area (Å²) in [6, 6.07) is 0. The molecule has 1 aliphatic heterocycles. The molecule has 0 saturated carbocycles. The number of nitrogens with zero attached hydrogens (tertiary/aromatic N) is 1. The zero-order valence-corrected chi connectivity index (χ0v) is 8.76. The number of imidazole rings is 1. The van der Waals surface area contributed by atoms with Crippen LogP contribution in [0.3, 0.4) is 0 Å². The van der Waals surface area contributed by atoms with Crippen molar-refractivity contribution in [3.63, 3.8) is 0 Å². The molecule has 2 N–H and O–H groups in total. The molecule has 2 rings (SSSR count). The summed E-state index contributed by atoms with van der Waals surface area (Å²) in [6.07, 6.45) is 1.18. The van der Waals surface area contributed by atoms with E-state index in [4.69, 9.17) is 0 Å². The molecule has 0 amide bonds. The fourth-order valence-electron chi connectivity index (χ4n) is 2.02. The molecule has 1 fully saturated rings. The summed E-state index contributed by atoms with van der Waals surface area (Å²) in [7, 11) is 0. The molecular formula is C10H17N3O. The Labute approximate surface area is 83.3 Å². The lowest BCUT2D eigenvalue weighted by molar-refractivity contribution is 0.467. The zero-order chi connectivity index (χ0) is 10.1. The van der Waals surface area contributed by atoms with Gasteiger partial charge in [-0.2, -0.15) is 0 Å². The summed E-state index contributed by atoms with van der Waals surface area (Å²) in [5.74, 6) is 0.613. The minimum atomic E-state index is 0.0342. The molecule has 0 bridgehead atoms. The van der Waals surface area contributed by atoms with Crippen LogP contribution in [0.5, 0.6) is 0 Å². The molecular weight excluding hydrogens is 178 g/mol. The van der Waals surface area contributed by atoms with E-state index in [1.807, 2.05) is 18.4 Å². The first-order valence-corrected chi connectivity index (χ1v) is 5.15. The molecule has 0 radical (unpaired) electrons. The van der Waals surface area contributed by atoms with E-state index in [0.29, 0.717) is 5.92 Å². The monoisotopic (exact) mass is 195 g/mol. The Morgan fingerprint density at radius 1 is 1.50 bits per heavy atom. The topological polar surface area (TPSA) is 49.8 Å². The van der Waals surface area contributed by atoms with E-state index in [9.17, 15) is 4.79 Å². The Hall–Kier alpha value is -1.03. The lowest BCUT2D eigenvalue weighted by Crippen LogP contribution is -2.23. The lowest BCUT2D eigenvalue weighted by Gasteiger charge is -2.09. The quantitative estimate of drug-likeness (QED) is 0.718. The summed E-state index contributed by atoms with van der Waals surface area (Å²) < 4.78 is 1.85. The second kappa shape index (κ2) is 3.61. The van der Waals surface area contributed by atoms with Gasteiger partial charge in [0, 0.05) is 17.9 Å². The Bertz CT molecular complexity index is 371. The van der Waals surface area contributed by atoms with Gasteiger partial charge in [0.05, 0.1) is 0 Å². The van der Waals surface area contributed by atoms with Crippen molar-refractivity contribution in [1.29, 1.82) is 0 Å². The van der Waals surface area contributed by atoms with Gasteiger partial charge in [-0.1, -0.05) is 0 Å². The fraction of sp³-hybridized carbons (Fsp3) is 0.700. The molecule has 4 nitrogen and oxygen atoms in total. The average molecular weight is 195 g/mol. The first kappa shape index (κ1) is 9.52. The maximum absolute atomic E-state index is 11.5. The number of hydrogen-bond acceptors (Lipinski definition) is 2. The zero-order valence-electron chi connectivity index (χ0n) is 8.76. The Balaban J connectivity index is 2.19. The smallest absolute Gasteiger partial charge is 0.316 e. The Kier molecular flexibility index (Phi) is 2.46. The van der Waals surface area contributed by atoms with Gasteiger partial charge in [-0.3, -0.25) is 4.57 Å². The minimum Gasteiger partial charge on any atom is -0.316 e. The predicted molar refractivity (Wildman–Crippen MR) is 55.5 cm³/mol. The van der Waals surface area contributed by atoms with Crippen molar-refractivity contribution < 1.29 is 0 Å². The molecule has 1 unspecified atom stereocenters. The summed E-state index contributed by atoms with van der Waals surface area (Å²) in [5.41, 5.74) is 2.09. The molecule has 0 aromatic carbocycles. The third-order valence-corrected chi connectivity index (χ3v) is 3.09. The molecule has 1 atom stereocenters. The van der Waals surface area contributed by atoms with E-state index in [0.717, 1.165) is 31.0 Å². The molecule has 1 aliphatic rings. The van der Waals surface area contributed by atoms with Crippen molar-refractivity contribution in [3.8, 4) is 0 Å². The van der Waals surface area contributed by atoms with Crippen LogP contribution in [-0.2, 0) is 6.54 Å². The van der Waals surface area contributed by atoms with Gasteiger partial charge in [-0.05, 0) is 39.3 Å². The van der Waals surface area contributed by atoms with Crippen molar-refractivity contribution in [2.24, 2.45) is 5.92 Å². The SMILES string of the molecule is Cc1[nH]c(=O)n(CC2CCNC2)c1C. The Morgan fingerprint density at radius 3 is 2.79 bits per heavy atom. The van der Waals surface area contributed by atoms with Crippen LogP contribution in [-0.4, -0.2) is 22.6 Å². The maximum Gasteiger partial charge on any atom is 0.325 e. The van der Waals surface area contributed by atoms with Crippen LogP contribution < -0.4 is 11.0 Å². The highest BCUT2D eigenvalue weighted by Crippen LogP contribution is 2.11. The highest BCUT2D eigenvalue weighted by Gasteiger charge is 2.17. The van der Waals surface area contributed by atoms with E-state index in [1.165, 1.54) is 6.42 Å². The number of aromatic amines is 1. The summed E-state index contributed by atoms with van der Waals surface area (Å²) in [5, 5.41) is 3.31. The molecule has 1 aromatic heterocycles. The molecule has 4 heteroatoms. The number of hydrogen-bond donors (Lipinski definition) is 2. The van der Waals surface area contributed by atoms with Gasteiger partial charge in [0.15, 0.2) is 0 Å². The number of aryl methyl sites for hydroxylation is 1. The first-order valence-electron chi connectivity index (χ1n) is 5.15. The van der Waals surface area contributed by atoms with Crippen LogP contribution in [0.1, 0.15) is 17.8 Å². The summed E-state index contributed by atoms with van der Waals surface area (Å²) >= 11 is 0. The van der Waals surface area contributed by atoms with Crippen LogP contribution in [0.2, 0.25) is 0 Å². The summed E-state index contributed by atoms with van der Waals surface area (Å²) in [4.78, 5) is 14.4. The van der Waals surface area contributed by atoms with E-state index in [2.05, 4.69) is 10.3 Å². The van der Waals surface area contributed by atoms with E-state index < -0.39 is 0 Å². The van der Waals surface area contributed by atoms with Crippen molar-refractivity contribution >= 4 is 0 Å². The van der Waals surface area contributed by atoms with Crippen LogP contribution in [0.15, 0.2) is 4.79 Å². The van der Waals surface area contributed by atoms with Crippen molar-refractivity contribution in [3.05, 3.63) is 21.9 Å². The van der Waals surface area contributed by atoms with E-state index in [-0.39, 0.29) is 5.69 Å². The van der Waals surface area contributed by atoms with Gasteiger partial charge >= 0.3 is 5.69 Å². The van der Waals surface area contributed by atoms with Gasteiger partial charge in [0.1, 0.15) is 0 Å². The Morgan fingerprint density at radius 2 is 2.29 bits per heavy atom. The molecule has 14 heavy (non-hydrogen) atoms. The van der Waals surface area contributed by atoms with Gasteiger partial charge in [-0.15, -0.1) is 0 Å². The van der Waals surface area contributed by atoms with Gasteiger partial charge in [0.2, 0.25) is 0 Å². The predicted octanol–water partition coefficient (Wildman–Crippen LogP) is 0.403. The third kappa shape index (κ3) is 1.62. The number of aromatic nitrogens is 2. The molecule has 0 aliphatic carbocycles. The largest absolute Gasteiger partial charge is 0.325 e. The van der Waals surface area contributed by atoms with Crippen LogP contribution in [0, 0.1) is 19.8 Å². The van der Waals surface area contributed by atoms with Crippen LogP contribution in [0.25, 0.3) is 0 Å². The highest BCUT2D eigenvalue weighted by molar-refractivity contribution is 5.08. The highest BCUT2D eigenvalue weighted by atomic mass is 16.1. The van der Waals surface area contributed by atoms with Gasteiger partial charge in [-0.25, -0.2) is 4.79 Å². The van der Waals surface area contributed by atoms with Crippen molar-refractivity contribution in [2.75, 3.05) is 13.1 Å². The number of H-pyrrole nitrogens is 1. The van der Waals surface area contributed by atoms with E-state index >= 15 is 0 Å². The van der Waals surface area contributed by atoms with Crippen LogP contribution in [0.4, 0.5) is 0 Å². The first-order chi connectivity index (χ1) is 6.68. The van der Waals surface area contributed by atoms with E-state index in [1.54, 1.807) is 0 Å². The van der Waals surface area contributed by atoms with Crippen molar-refractivity contribution in [2.45, 2.75) is 26.8 Å². The standard InChI is InChI=1S/C10H17N3O/c1-7-8(2)13(10(14)12-7)6-9-3-4-11-5-9/h9,11H,3-6H2,1-2H3,(H,12,14). The normalized spacial score (nSPS) is 21.7. The lowest BCUT2D eigenvalue weighted by atomic mass is 10.1. The minimum absolute atomic E-state index is 0.0342. The third-order valence-electron chi connectivity index (χ3n) is 3.09. The van der Waals surface area contributed by atoms with Crippen molar-refractivity contribution in [1.82, 2.24) is 14.9 Å². The maximum atomic E-state index is 11.5. The molecule has 1 saturated heterocycles. The second-order valence-electron chi connectivity index (χ2n) is 4.11. The molecule has 2 heterocycles. The molecule has 78 valence electrons. The summed E-state index contributed by atoms with van der Waals surface area (Å²) in [6.45, 7) is 6.91. The number of rotatable bonds is 2. The second-order valence-corrected chi connectivity index (χ2v) is 4.11. The average Bonchev–Trinajstić information content (AvgIpc) is 2.71. The van der Waals surface area contributed by atoms with Crippen LogP contribution >= 0.6 is 0 Å².